The van der Waals surface area contributed by atoms with Crippen LogP contribution in [0.15, 0.2) is 46.9 Å². The van der Waals surface area contributed by atoms with E-state index in [1.54, 1.807) is 0 Å². The van der Waals surface area contributed by atoms with Crippen LogP contribution in [0.1, 0.15) is 22.7 Å². The fourth-order valence-corrected chi connectivity index (χ4v) is 2.44. The molecule has 1 atom stereocenters. The van der Waals surface area contributed by atoms with Gasteiger partial charge >= 0.3 is 6.18 Å². The van der Waals surface area contributed by atoms with Crippen LogP contribution in [0, 0.1) is 5.82 Å². The Morgan fingerprint density at radius 1 is 1.05 bits per heavy atom. The van der Waals surface area contributed by atoms with Gasteiger partial charge in [0.2, 0.25) is 0 Å². The van der Waals surface area contributed by atoms with Crippen LogP contribution in [0.2, 0.25) is 0 Å². The lowest BCUT2D eigenvalue weighted by Gasteiger charge is -2.19. The minimum Gasteiger partial charge on any atom is -0.324 e. The lowest BCUT2D eigenvalue weighted by Crippen LogP contribution is -2.19. The molecule has 0 radical (unpaired) electrons. The van der Waals surface area contributed by atoms with Gasteiger partial charge in [0, 0.05) is 10.5 Å². The highest BCUT2D eigenvalue weighted by Gasteiger charge is 2.34. The molecule has 1 unspecified atom stereocenters. The number of rotatable bonds is 3. The topological polar surface area (TPSA) is 26.0 Å². The zero-order chi connectivity index (χ0) is 15.6. The van der Waals surface area contributed by atoms with Gasteiger partial charge in [0.25, 0.3) is 0 Å². The fourth-order valence-electron chi connectivity index (χ4n) is 2.08. The minimum atomic E-state index is -4.47. The molecule has 2 rings (SSSR count). The third kappa shape index (κ3) is 4.04. The van der Waals surface area contributed by atoms with Gasteiger partial charge in [-0.25, -0.2) is 4.39 Å². The van der Waals surface area contributed by atoms with Gasteiger partial charge in [-0.05, 0) is 41.8 Å². The first kappa shape index (κ1) is 16.0. The molecule has 21 heavy (non-hydrogen) atoms. The van der Waals surface area contributed by atoms with Crippen molar-refractivity contribution in [2.24, 2.45) is 5.73 Å². The first-order valence-electron chi connectivity index (χ1n) is 6.14. The number of benzene rings is 2. The Morgan fingerprint density at radius 2 is 1.67 bits per heavy atom. The third-order valence-corrected chi connectivity index (χ3v) is 3.58. The zero-order valence-corrected chi connectivity index (χ0v) is 12.4. The van der Waals surface area contributed by atoms with Gasteiger partial charge in [-0.15, -0.1) is 0 Å². The predicted molar refractivity (Wildman–Crippen MR) is 76.2 cm³/mol. The average molecular weight is 362 g/mol. The molecule has 0 aliphatic carbocycles. The zero-order valence-electron chi connectivity index (χ0n) is 10.8. The van der Waals surface area contributed by atoms with Crippen molar-refractivity contribution in [2.45, 2.75) is 18.6 Å². The lowest BCUT2D eigenvalue weighted by molar-refractivity contribution is -0.138. The van der Waals surface area contributed by atoms with Crippen LogP contribution in [0.3, 0.4) is 0 Å². The number of halogens is 5. The van der Waals surface area contributed by atoms with Crippen molar-refractivity contribution in [1.29, 1.82) is 0 Å². The minimum absolute atomic E-state index is 0.0232. The Bertz CT molecular complexity index is 623. The molecule has 2 aromatic carbocycles. The molecular formula is C15H12BrF4N. The Balaban J connectivity index is 2.30. The van der Waals surface area contributed by atoms with E-state index in [4.69, 9.17) is 5.73 Å². The van der Waals surface area contributed by atoms with E-state index >= 15 is 0 Å². The molecule has 0 aliphatic rings. The first-order valence-corrected chi connectivity index (χ1v) is 6.93. The molecule has 0 fully saturated rings. The van der Waals surface area contributed by atoms with Gasteiger partial charge in [0.05, 0.1) is 5.56 Å². The smallest absolute Gasteiger partial charge is 0.324 e. The van der Waals surface area contributed by atoms with Crippen molar-refractivity contribution in [3.8, 4) is 0 Å². The number of hydrogen-bond donors (Lipinski definition) is 1. The summed E-state index contributed by atoms with van der Waals surface area (Å²) < 4.78 is 52.3. The molecule has 2 aromatic rings. The van der Waals surface area contributed by atoms with Crippen LogP contribution in [-0.4, -0.2) is 0 Å². The quantitative estimate of drug-likeness (QED) is 0.777. The molecular weight excluding hydrogens is 350 g/mol. The summed E-state index contributed by atoms with van der Waals surface area (Å²) >= 11 is 3.03. The normalized spacial score (nSPS) is 13.2. The second kappa shape index (κ2) is 6.15. The van der Waals surface area contributed by atoms with Gasteiger partial charge in [-0.2, -0.15) is 13.2 Å². The molecule has 0 saturated carbocycles. The Morgan fingerprint density at radius 3 is 2.24 bits per heavy atom. The molecule has 0 aromatic heterocycles. The number of hydrogen-bond acceptors (Lipinski definition) is 1. The van der Waals surface area contributed by atoms with Gasteiger partial charge in [0.1, 0.15) is 5.82 Å². The lowest BCUT2D eigenvalue weighted by atomic mass is 9.95. The van der Waals surface area contributed by atoms with Crippen molar-refractivity contribution in [2.75, 3.05) is 0 Å². The predicted octanol–water partition coefficient (Wildman–Crippen LogP) is 4.85. The van der Waals surface area contributed by atoms with Gasteiger partial charge in [-0.3, -0.25) is 0 Å². The Kier molecular flexibility index (Phi) is 4.68. The summed E-state index contributed by atoms with van der Waals surface area (Å²) in [4.78, 5) is 0. The highest BCUT2D eigenvalue weighted by Crippen LogP contribution is 2.36. The summed E-state index contributed by atoms with van der Waals surface area (Å²) in [5, 5.41) is 0. The molecule has 0 heterocycles. The third-order valence-electron chi connectivity index (χ3n) is 3.09. The van der Waals surface area contributed by atoms with Crippen LogP contribution in [0.4, 0.5) is 17.6 Å². The van der Waals surface area contributed by atoms with E-state index in [9.17, 15) is 17.6 Å². The number of alkyl halides is 3. The highest BCUT2D eigenvalue weighted by molar-refractivity contribution is 9.10. The van der Waals surface area contributed by atoms with Crippen molar-refractivity contribution >= 4 is 15.9 Å². The molecule has 1 nitrogen and oxygen atoms in total. The van der Waals surface area contributed by atoms with E-state index in [1.807, 2.05) is 0 Å². The van der Waals surface area contributed by atoms with Crippen LogP contribution < -0.4 is 5.73 Å². The summed E-state index contributed by atoms with van der Waals surface area (Å²) in [6, 6.07) is 8.63. The molecule has 0 amide bonds. The van der Waals surface area contributed by atoms with E-state index in [0.29, 0.717) is 10.0 Å². The average Bonchev–Trinajstić information content (AvgIpc) is 2.40. The van der Waals surface area contributed by atoms with Crippen molar-refractivity contribution in [1.82, 2.24) is 0 Å². The number of nitrogens with two attached hydrogens (primary N) is 1. The SMILES string of the molecule is NC(Cc1ccc(F)cc1)c1ccc(Br)cc1C(F)(F)F. The molecule has 0 spiro atoms. The monoisotopic (exact) mass is 361 g/mol. The van der Waals surface area contributed by atoms with Crippen LogP contribution in [0.25, 0.3) is 0 Å². The molecule has 6 heteroatoms. The fraction of sp³-hybridized carbons (Fsp3) is 0.200. The second-order valence-corrected chi connectivity index (χ2v) is 5.58. The van der Waals surface area contributed by atoms with Crippen LogP contribution in [0.5, 0.6) is 0 Å². The maximum Gasteiger partial charge on any atom is 0.416 e. The highest BCUT2D eigenvalue weighted by atomic mass is 79.9. The first-order chi connectivity index (χ1) is 9.77. The van der Waals surface area contributed by atoms with E-state index < -0.39 is 23.6 Å². The van der Waals surface area contributed by atoms with Gasteiger partial charge in [0.15, 0.2) is 0 Å². The molecule has 2 N–H and O–H groups in total. The summed E-state index contributed by atoms with van der Waals surface area (Å²) in [6.45, 7) is 0. The van der Waals surface area contributed by atoms with Crippen molar-refractivity contribution in [3.63, 3.8) is 0 Å². The van der Waals surface area contributed by atoms with Crippen LogP contribution in [-0.2, 0) is 12.6 Å². The van der Waals surface area contributed by atoms with Crippen molar-refractivity contribution in [3.05, 3.63) is 69.4 Å². The summed E-state index contributed by atoms with van der Waals surface area (Å²) in [6.07, 6.45) is -4.27. The van der Waals surface area contributed by atoms with Crippen LogP contribution >= 0.6 is 15.9 Å². The summed E-state index contributed by atoms with van der Waals surface area (Å²) in [5.41, 5.74) is 5.85. The maximum atomic E-state index is 13.1. The standard InChI is InChI=1S/C15H12BrF4N/c16-10-3-6-12(13(8-10)15(18,19)20)14(21)7-9-1-4-11(17)5-2-9/h1-6,8,14H,7,21H2. The molecule has 0 saturated heterocycles. The summed E-state index contributed by atoms with van der Waals surface area (Å²) in [5.74, 6) is -0.396. The van der Waals surface area contributed by atoms with E-state index in [-0.39, 0.29) is 12.0 Å². The van der Waals surface area contributed by atoms with Gasteiger partial charge in [-0.1, -0.05) is 34.1 Å². The second-order valence-electron chi connectivity index (χ2n) is 4.67. The molecule has 0 bridgehead atoms. The molecule has 0 aliphatic heterocycles. The Hall–Kier alpha value is -1.40. The van der Waals surface area contributed by atoms with E-state index in [1.165, 1.54) is 36.4 Å². The van der Waals surface area contributed by atoms with Crippen molar-refractivity contribution < 1.29 is 17.6 Å². The Labute approximate surface area is 127 Å². The van der Waals surface area contributed by atoms with Gasteiger partial charge < -0.3 is 5.73 Å². The maximum absolute atomic E-state index is 13.1. The largest absolute Gasteiger partial charge is 0.416 e. The summed E-state index contributed by atoms with van der Waals surface area (Å²) in [7, 11) is 0. The van der Waals surface area contributed by atoms with E-state index in [2.05, 4.69) is 15.9 Å². The molecule has 112 valence electrons. The van der Waals surface area contributed by atoms with E-state index in [0.717, 1.165) is 6.07 Å².